The van der Waals surface area contributed by atoms with E-state index in [0.29, 0.717) is 35.4 Å². The largest absolute Gasteiger partial charge is 0.455 e. The molecule has 0 aliphatic heterocycles. The van der Waals surface area contributed by atoms with E-state index in [0.717, 1.165) is 12.0 Å². The summed E-state index contributed by atoms with van der Waals surface area (Å²) in [6.45, 7) is 7.58. The minimum Gasteiger partial charge on any atom is -0.455 e. The maximum absolute atomic E-state index is 12.6. The van der Waals surface area contributed by atoms with Crippen molar-refractivity contribution < 1.29 is 18.9 Å². The van der Waals surface area contributed by atoms with Crippen molar-refractivity contribution in [2.75, 3.05) is 0 Å². The maximum atomic E-state index is 12.6. The molecule has 2 aromatic rings. The van der Waals surface area contributed by atoms with Gasteiger partial charge in [-0.2, -0.15) is 5.10 Å². The van der Waals surface area contributed by atoms with Crippen molar-refractivity contribution in [2.45, 2.75) is 58.9 Å². The highest BCUT2D eigenvalue weighted by molar-refractivity contribution is 6.06. The number of nitro groups is 1. The van der Waals surface area contributed by atoms with Crippen LogP contribution in [0.5, 0.6) is 0 Å². The first-order chi connectivity index (χ1) is 15.0. The van der Waals surface area contributed by atoms with E-state index in [1.54, 1.807) is 19.1 Å². The fourth-order valence-corrected chi connectivity index (χ4v) is 3.39. The zero-order valence-electron chi connectivity index (χ0n) is 18.6. The minimum atomic E-state index is -0.489. The van der Waals surface area contributed by atoms with Gasteiger partial charge in [-0.15, -0.1) is 0 Å². The molecule has 2 amide bonds. The van der Waals surface area contributed by atoms with E-state index in [2.05, 4.69) is 21.4 Å². The molecule has 0 spiro atoms. The van der Waals surface area contributed by atoms with Gasteiger partial charge in [0.15, 0.2) is 5.76 Å². The molecule has 1 aromatic heterocycles. The second-order valence-electron chi connectivity index (χ2n) is 8.73. The van der Waals surface area contributed by atoms with Gasteiger partial charge in [-0.1, -0.05) is 12.1 Å². The molecule has 1 aromatic carbocycles. The molecule has 0 atom stereocenters. The average molecular weight is 441 g/mol. The number of carbonyl (C=O) groups is 2. The highest BCUT2D eigenvalue weighted by Gasteiger charge is 2.28. The summed E-state index contributed by atoms with van der Waals surface area (Å²) in [5.74, 6) is 0.192. The zero-order valence-corrected chi connectivity index (χ0v) is 18.6. The van der Waals surface area contributed by atoms with Gasteiger partial charge in [0.05, 0.1) is 17.1 Å². The fraction of sp³-hybridized carbons (Fsp3) is 0.409. The summed E-state index contributed by atoms with van der Waals surface area (Å²) in [6, 6.07) is 5.80. The Kier molecular flexibility index (Phi) is 6.73. The first-order valence-electron chi connectivity index (χ1n) is 10.3. The molecule has 0 saturated carbocycles. The summed E-state index contributed by atoms with van der Waals surface area (Å²) in [6.07, 6.45) is 2.16. The standard InChI is InChI=1S/C22H27N5O5/c1-13-19-16(23-24-18(28)12-14-8-10-15(11-9-14)27(30)31)6-5-7-17(19)32-20(13)21(29)25-26-22(2,3)4/h8-11,26H,5-7,12H2,1-4H3,(H,24,28)(H,25,29)/b23-16+. The van der Waals surface area contributed by atoms with Gasteiger partial charge in [0.2, 0.25) is 5.91 Å². The van der Waals surface area contributed by atoms with Crippen LogP contribution in [0, 0.1) is 17.0 Å². The lowest BCUT2D eigenvalue weighted by molar-refractivity contribution is -0.384. The second kappa shape index (κ2) is 9.31. The number of nitrogens with one attached hydrogen (secondary N) is 3. The van der Waals surface area contributed by atoms with E-state index in [1.165, 1.54) is 12.1 Å². The number of fused-ring (bicyclic) bond motifs is 1. The van der Waals surface area contributed by atoms with Gasteiger partial charge in [0, 0.05) is 35.2 Å². The Hall–Kier alpha value is -3.53. The number of nitro benzene ring substituents is 1. The first kappa shape index (κ1) is 23.1. The number of non-ortho nitro benzene ring substituents is 1. The van der Waals surface area contributed by atoms with Gasteiger partial charge >= 0.3 is 5.91 Å². The number of carbonyl (C=O) groups excluding carboxylic acids is 2. The quantitative estimate of drug-likeness (QED) is 0.465. The molecular formula is C22H27N5O5. The molecule has 170 valence electrons. The number of hydrazone groups is 1. The van der Waals surface area contributed by atoms with E-state index in [-0.39, 0.29) is 35.2 Å². The smallest absolute Gasteiger partial charge is 0.301 e. The van der Waals surface area contributed by atoms with Crippen molar-refractivity contribution in [1.29, 1.82) is 0 Å². The second-order valence-corrected chi connectivity index (χ2v) is 8.73. The molecule has 32 heavy (non-hydrogen) atoms. The average Bonchev–Trinajstić information content (AvgIpc) is 3.07. The fourth-order valence-electron chi connectivity index (χ4n) is 3.39. The van der Waals surface area contributed by atoms with Crippen LogP contribution in [-0.2, 0) is 17.6 Å². The number of hydrazine groups is 1. The maximum Gasteiger partial charge on any atom is 0.301 e. The first-order valence-corrected chi connectivity index (χ1v) is 10.3. The van der Waals surface area contributed by atoms with Crippen molar-refractivity contribution in [3.05, 3.63) is 62.6 Å². The van der Waals surface area contributed by atoms with Crippen LogP contribution in [0.2, 0.25) is 0 Å². The van der Waals surface area contributed by atoms with E-state index >= 15 is 0 Å². The summed E-state index contributed by atoms with van der Waals surface area (Å²) in [7, 11) is 0. The Bertz CT molecular complexity index is 1060. The molecule has 3 rings (SSSR count). The molecular weight excluding hydrogens is 414 g/mol. The van der Waals surface area contributed by atoms with Crippen LogP contribution in [0.4, 0.5) is 5.69 Å². The summed E-state index contributed by atoms with van der Waals surface area (Å²) >= 11 is 0. The minimum absolute atomic E-state index is 0.0305. The van der Waals surface area contributed by atoms with Gasteiger partial charge in [0.25, 0.3) is 5.69 Å². The third kappa shape index (κ3) is 5.58. The van der Waals surface area contributed by atoms with Crippen LogP contribution in [0.1, 0.15) is 66.6 Å². The molecule has 1 aliphatic carbocycles. The molecule has 0 saturated heterocycles. The molecule has 1 aliphatic rings. The van der Waals surface area contributed by atoms with Gasteiger partial charge in [0.1, 0.15) is 5.76 Å². The highest BCUT2D eigenvalue weighted by atomic mass is 16.6. The van der Waals surface area contributed by atoms with E-state index in [4.69, 9.17) is 4.42 Å². The van der Waals surface area contributed by atoms with E-state index < -0.39 is 4.92 Å². The third-order valence-corrected chi connectivity index (χ3v) is 4.91. The van der Waals surface area contributed by atoms with Crippen LogP contribution < -0.4 is 16.3 Å². The lowest BCUT2D eigenvalue weighted by Crippen LogP contribution is -2.48. The van der Waals surface area contributed by atoms with Gasteiger partial charge < -0.3 is 4.42 Å². The molecule has 0 bridgehead atoms. The summed E-state index contributed by atoms with van der Waals surface area (Å²) in [5.41, 5.74) is 10.5. The molecule has 3 N–H and O–H groups in total. The normalized spacial score (nSPS) is 14.7. The van der Waals surface area contributed by atoms with Crippen molar-refractivity contribution in [2.24, 2.45) is 5.10 Å². The van der Waals surface area contributed by atoms with Crippen molar-refractivity contribution >= 4 is 23.2 Å². The van der Waals surface area contributed by atoms with Crippen molar-refractivity contribution in [1.82, 2.24) is 16.3 Å². The lowest BCUT2D eigenvalue weighted by Gasteiger charge is -2.20. The van der Waals surface area contributed by atoms with E-state index in [9.17, 15) is 19.7 Å². The van der Waals surface area contributed by atoms with Crippen LogP contribution in [0.15, 0.2) is 33.8 Å². The number of amides is 2. The number of rotatable bonds is 6. The molecule has 1 heterocycles. The Morgan fingerprint density at radius 2 is 1.88 bits per heavy atom. The number of hydrogen-bond donors (Lipinski definition) is 3. The summed E-state index contributed by atoms with van der Waals surface area (Å²) < 4.78 is 5.83. The van der Waals surface area contributed by atoms with Crippen LogP contribution in [-0.4, -0.2) is 28.0 Å². The molecule has 0 fully saturated rings. The number of furan rings is 1. The zero-order chi connectivity index (χ0) is 23.5. The van der Waals surface area contributed by atoms with Gasteiger partial charge in [-0.25, -0.2) is 10.9 Å². The Morgan fingerprint density at radius 3 is 2.50 bits per heavy atom. The molecule has 10 heteroatoms. The summed E-state index contributed by atoms with van der Waals surface area (Å²) in [4.78, 5) is 35.1. The Balaban J connectivity index is 1.71. The van der Waals surface area contributed by atoms with Crippen LogP contribution >= 0.6 is 0 Å². The van der Waals surface area contributed by atoms with E-state index in [1.807, 2.05) is 20.8 Å². The predicted octanol–water partition coefficient (Wildman–Crippen LogP) is 2.93. The SMILES string of the molecule is Cc1c(C(=O)NNC(C)(C)C)oc2c1/C(=N/NC(=O)Cc1ccc([N+](=O)[O-])cc1)CCC2. The molecule has 0 unspecified atom stereocenters. The monoisotopic (exact) mass is 441 g/mol. The van der Waals surface area contributed by atoms with Gasteiger partial charge in [-0.05, 0) is 46.1 Å². The summed E-state index contributed by atoms with van der Waals surface area (Å²) in [5, 5.41) is 15.0. The van der Waals surface area contributed by atoms with Crippen LogP contribution in [0.25, 0.3) is 0 Å². The number of aryl methyl sites for hydroxylation is 1. The molecule has 10 nitrogen and oxygen atoms in total. The lowest BCUT2D eigenvalue weighted by atomic mass is 9.93. The number of nitrogens with zero attached hydrogens (tertiary/aromatic N) is 2. The molecule has 0 radical (unpaired) electrons. The topological polar surface area (TPSA) is 139 Å². The highest BCUT2D eigenvalue weighted by Crippen LogP contribution is 2.29. The Morgan fingerprint density at radius 1 is 1.19 bits per heavy atom. The van der Waals surface area contributed by atoms with Crippen molar-refractivity contribution in [3.63, 3.8) is 0 Å². The number of hydrogen-bond acceptors (Lipinski definition) is 7. The Labute approximate surface area is 185 Å². The predicted molar refractivity (Wildman–Crippen MR) is 118 cm³/mol. The van der Waals surface area contributed by atoms with Crippen LogP contribution in [0.3, 0.4) is 0 Å². The van der Waals surface area contributed by atoms with Gasteiger partial charge in [-0.3, -0.25) is 25.1 Å². The van der Waals surface area contributed by atoms with Crippen molar-refractivity contribution in [3.8, 4) is 0 Å². The third-order valence-electron chi connectivity index (χ3n) is 4.91. The number of benzene rings is 1.